The number of rotatable bonds is 3. The van der Waals surface area contributed by atoms with E-state index in [0.717, 1.165) is 17.1 Å². The van der Waals surface area contributed by atoms with Crippen molar-refractivity contribution in [3.8, 4) is 0 Å². The van der Waals surface area contributed by atoms with Gasteiger partial charge in [0, 0.05) is 0 Å². The summed E-state index contributed by atoms with van der Waals surface area (Å²) in [7, 11) is 0. The topological polar surface area (TPSA) is 53.5 Å². The van der Waals surface area contributed by atoms with Crippen molar-refractivity contribution in [3.05, 3.63) is 52.4 Å². The first kappa shape index (κ1) is 15.3. The molecule has 0 aliphatic carbocycles. The number of aromatic nitrogens is 6. The van der Waals surface area contributed by atoms with Crippen LogP contribution >= 0.6 is 0 Å². The van der Waals surface area contributed by atoms with Gasteiger partial charge in [0.05, 0.1) is 0 Å². The quantitative estimate of drug-likeness (QED) is 0.629. The number of aryl methyl sites for hydroxylation is 6. The molecular weight excluding hydrogens is 383 g/mol. The first-order valence-corrected chi connectivity index (χ1v) is 11.2. The molecule has 0 saturated carbocycles. The van der Waals surface area contributed by atoms with Crippen LogP contribution in [0.25, 0.3) is 0 Å². The zero-order valence-corrected chi connectivity index (χ0v) is 16.8. The molecule has 22 heavy (non-hydrogen) atoms. The zero-order chi connectivity index (χ0) is 16.0. The fourth-order valence-electron chi connectivity index (χ4n) is 2.76. The Labute approximate surface area is 138 Å². The van der Waals surface area contributed by atoms with E-state index >= 15 is 0 Å². The molecule has 0 atom stereocenters. The molecule has 0 aromatic carbocycles. The van der Waals surface area contributed by atoms with Crippen LogP contribution < -0.4 is 0 Å². The van der Waals surface area contributed by atoms with Gasteiger partial charge in [-0.2, -0.15) is 0 Å². The van der Waals surface area contributed by atoms with Crippen LogP contribution in [0, 0.1) is 41.5 Å². The summed E-state index contributed by atoms with van der Waals surface area (Å²) < 4.78 is 6.53. The molecule has 3 heterocycles. The van der Waals surface area contributed by atoms with Crippen LogP contribution in [-0.4, -0.2) is 44.6 Å². The van der Waals surface area contributed by atoms with Crippen molar-refractivity contribution in [2.24, 2.45) is 0 Å². The second-order valence-electron chi connectivity index (χ2n) is 5.82. The Balaban J connectivity index is 2.25. The summed E-state index contributed by atoms with van der Waals surface area (Å²) in [6.07, 6.45) is 0. The molecule has 3 rings (SSSR count). The molecule has 0 fully saturated rings. The third-order valence-corrected chi connectivity index (χ3v) is 10.7. The molecule has 7 heteroatoms. The van der Waals surface area contributed by atoms with E-state index < -0.39 is 20.6 Å². The fraction of sp³-hybridized carbons (Fsp3) is 0.400. The summed E-state index contributed by atoms with van der Waals surface area (Å²) in [6.45, 7) is 12.4. The van der Waals surface area contributed by atoms with E-state index in [1.807, 2.05) is 20.8 Å². The van der Waals surface area contributed by atoms with Gasteiger partial charge in [-0.1, -0.05) is 0 Å². The average molecular weight is 404 g/mol. The second kappa shape index (κ2) is 5.57. The van der Waals surface area contributed by atoms with Crippen molar-refractivity contribution >= 4 is 20.6 Å². The Morgan fingerprint density at radius 1 is 0.591 bits per heavy atom. The number of hydrogen-bond donors (Lipinski definition) is 0. The Kier molecular flexibility index (Phi) is 3.88. The molecule has 3 aromatic rings. The molecule has 3 aromatic heterocycles. The van der Waals surface area contributed by atoms with Gasteiger partial charge >= 0.3 is 138 Å². The van der Waals surface area contributed by atoms with Gasteiger partial charge in [0.15, 0.2) is 0 Å². The Morgan fingerprint density at radius 3 is 1.05 bits per heavy atom. The van der Waals surface area contributed by atoms with Gasteiger partial charge in [0.25, 0.3) is 0 Å². The molecule has 0 radical (unpaired) electrons. The predicted molar refractivity (Wildman–Crippen MR) is 87.1 cm³/mol. The van der Waals surface area contributed by atoms with Gasteiger partial charge in [-0.05, 0) is 0 Å². The third kappa shape index (κ3) is 2.60. The summed E-state index contributed by atoms with van der Waals surface area (Å²) in [5.41, 5.74) is 6.64. The number of hydrogen-bond acceptors (Lipinski definition) is 3. The SMILES string of the molecule is Cc1cc(C)[n]([Sn-]([n]2nc(C)cc2C)[n]2nc(C)cc2C)n1. The van der Waals surface area contributed by atoms with Crippen LogP contribution in [0.5, 0.6) is 0 Å². The molecule has 0 aliphatic heterocycles. The van der Waals surface area contributed by atoms with Crippen LogP contribution in [-0.2, 0) is 0 Å². The van der Waals surface area contributed by atoms with Crippen LogP contribution in [0.3, 0.4) is 0 Å². The monoisotopic (exact) mass is 405 g/mol. The van der Waals surface area contributed by atoms with Crippen molar-refractivity contribution in [3.63, 3.8) is 0 Å². The zero-order valence-electron chi connectivity index (χ0n) is 13.9. The van der Waals surface area contributed by atoms with Crippen LogP contribution in [0.15, 0.2) is 18.2 Å². The number of nitrogens with zero attached hydrogens (tertiary/aromatic N) is 6. The minimum atomic E-state index is -2.66. The molecule has 0 aliphatic rings. The van der Waals surface area contributed by atoms with Crippen molar-refractivity contribution < 1.29 is 0 Å². The van der Waals surface area contributed by atoms with Crippen LogP contribution in [0.1, 0.15) is 34.2 Å². The molecule has 0 unspecified atom stereocenters. The first-order valence-electron chi connectivity index (χ1n) is 7.34. The molecule has 0 amide bonds. The molecule has 0 bridgehead atoms. The summed E-state index contributed by atoms with van der Waals surface area (Å²) in [6, 6.07) is 6.37. The van der Waals surface area contributed by atoms with Crippen molar-refractivity contribution in [2.45, 2.75) is 41.5 Å². The second-order valence-corrected chi connectivity index (χ2v) is 11.2. The van der Waals surface area contributed by atoms with Crippen LogP contribution in [0.2, 0.25) is 0 Å². The molecule has 0 N–H and O–H groups in total. The van der Waals surface area contributed by atoms with E-state index in [4.69, 9.17) is 15.3 Å². The summed E-state index contributed by atoms with van der Waals surface area (Å²) in [5, 5.41) is 14.2. The maximum atomic E-state index is 4.75. The van der Waals surface area contributed by atoms with Gasteiger partial charge in [-0.3, -0.25) is 0 Å². The molecule has 0 saturated heterocycles. The van der Waals surface area contributed by atoms with Crippen molar-refractivity contribution in [1.29, 1.82) is 0 Å². The Morgan fingerprint density at radius 2 is 0.864 bits per heavy atom. The van der Waals surface area contributed by atoms with Crippen molar-refractivity contribution in [2.75, 3.05) is 0 Å². The van der Waals surface area contributed by atoms with Gasteiger partial charge in [0.2, 0.25) is 0 Å². The van der Waals surface area contributed by atoms with E-state index in [2.05, 4.69) is 47.7 Å². The van der Waals surface area contributed by atoms with E-state index in [-0.39, 0.29) is 0 Å². The van der Waals surface area contributed by atoms with Gasteiger partial charge in [0.1, 0.15) is 0 Å². The fourth-order valence-corrected chi connectivity index (χ4v) is 9.67. The molecular formula is C15H21N6Sn-. The van der Waals surface area contributed by atoms with E-state index in [0.29, 0.717) is 0 Å². The van der Waals surface area contributed by atoms with Gasteiger partial charge < -0.3 is 0 Å². The maximum absolute atomic E-state index is 4.75. The van der Waals surface area contributed by atoms with Gasteiger partial charge in [-0.15, -0.1) is 0 Å². The Hall–Kier alpha value is -1.57. The Bertz CT molecular complexity index is 715. The third-order valence-electron chi connectivity index (χ3n) is 3.60. The average Bonchev–Trinajstić information content (AvgIpc) is 3.02. The van der Waals surface area contributed by atoms with Crippen LogP contribution in [0.4, 0.5) is 0 Å². The van der Waals surface area contributed by atoms with E-state index in [9.17, 15) is 0 Å². The minimum absolute atomic E-state index is 1.04. The van der Waals surface area contributed by atoms with E-state index in [1.165, 1.54) is 17.1 Å². The van der Waals surface area contributed by atoms with Gasteiger partial charge in [-0.25, -0.2) is 0 Å². The first-order chi connectivity index (χ1) is 10.4. The molecule has 6 nitrogen and oxygen atoms in total. The summed E-state index contributed by atoms with van der Waals surface area (Å²) in [4.78, 5) is 0. The normalized spacial score (nSPS) is 11.2. The summed E-state index contributed by atoms with van der Waals surface area (Å²) in [5.74, 6) is 0. The molecule has 116 valence electrons. The van der Waals surface area contributed by atoms with Crippen molar-refractivity contribution in [1.82, 2.24) is 24.0 Å². The standard InChI is InChI=1S/3C5H7N2.Sn/c3*1-4-3-5(2)7-6-4;/h3*3H,1-2H3;/q3*-1;+2. The predicted octanol–water partition coefficient (Wildman–Crippen LogP) is 2.06. The molecule has 0 spiro atoms. The van der Waals surface area contributed by atoms with E-state index in [1.54, 1.807) is 0 Å². The summed E-state index contributed by atoms with van der Waals surface area (Å²) >= 11 is -2.66.